The van der Waals surface area contributed by atoms with Gasteiger partial charge in [-0.25, -0.2) is 9.97 Å². The maximum absolute atomic E-state index is 4.88. The highest BCUT2D eigenvalue weighted by Crippen LogP contribution is 2.15. The molecule has 0 saturated carbocycles. The quantitative estimate of drug-likeness (QED) is 0.398. The third kappa shape index (κ3) is 4.67. The third-order valence-corrected chi connectivity index (χ3v) is 5.25. The van der Waals surface area contributed by atoms with Crippen LogP contribution in [0.1, 0.15) is 13.3 Å². The number of para-hydroxylation sites is 1. The van der Waals surface area contributed by atoms with E-state index in [1.807, 2.05) is 6.07 Å². The Morgan fingerprint density at radius 3 is 2.62 bits per heavy atom. The van der Waals surface area contributed by atoms with Crippen molar-refractivity contribution in [3.8, 4) is 0 Å². The van der Waals surface area contributed by atoms with E-state index in [9.17, 15) is 0 Å². The molecule has 1 fully saturated rings. The first kappa shape index (κ1) is 19.2. The molecule has 4 rings (SSSR count). The fraction of sp³-hybridized carbons (Fsp3) is 0.409. The summed E-state index contributed by atoms with van der Waals surface area (Å²) >= 11 is 0. The van der Waals surface area contributed by atoms with Crippen LogP contribution in [0.25, 0.3) is 10.9 Å². The molecule has 0 aliphatic carbocycles. The molecule has 1 aromatic carbocycles. The molecule has 29 heavy (non-hydrogen) atoms. The molecule has 0 spiro atoms. The number of nitrogens with one attached hydrogen (secondary N) is 1. The molecular weight excluding hydrogens is 362 g/mol. The number of nitrogens with zero attached hydrogens (tertiary/aromatic N) is 6. The van der Waals surface area contributed by atoms with Gasteiger partial charge in [0.05, 0.1) is 0 Å². The maximum atomic E-state index is 4.88. The summed E-state index contributed by atoms with van der Waals surface area (Å²) in [6.07, 6.45) is 6.79. The van der Waals surface area contributed by atoms with Gasteiger partial charge in [-0.1, -0.05) is 18.2 Å². The van der Waals surface area contributed by atoms with Crippen LogP contribution in [0.3, 0.4) is 0 Å². The van der Waals surface area contributed by atoms with Gasteiger partial charge in [0, 0.05) is 69.9 Å². The summed E-state index contributed by atoms with van der Waals surface area (Å²) in [6, 6.07) is 12.6. The Kier molecular flexibility index (Phi) is 6.24. The molecule has 1 aliphatic rings. The van der Waals surface area contributed by atoms with E-state index in [4.69, 9.17) is 4.99 Å². The van der Waals surface area contributed by atoms with Crippen molar-refractivity contribution in [1.29, 1.82) is 0 Å². The highest BCUT2D eigenvalue weighted by Gasteiger charge is 2.20. The van der Waals surface area contributed by atoms with Crippen molar-refractivity contribution in [3.05, 3.63) is 55.0 Å². The van der Waals surface area contributed by atoms with E-state index in [0.29, 0.717) is 0 Å². The minimum atomic E-state index is 0.813. The van der Waals surface area contributed by atoms with Crippen molar-refractivity contribution in [3.63, 3.8) is 0 Å². The molecule has 152 valence electrons. The van der Waals surface area contributed by atoms with E-state index in [2.05, 4.69) is 73.1 Å². The minimum Gasteiger partial charge on any atom is -0.357 e. The van der Waals surface area contributed by atoms with Crippen LogP contribution in [0.15, 0.2) is 60.0 Å². The van der Waals surface area contributed by atoms with Crippen molar-refractivity contribution < 1.29 is 0 Å². The van der Waals surface area contributed by atoms with Gasteiger partial charge < -0.3 is 19.7 Å². The van der Waals surface area contributed by atoms with Gasteiger partial charge in [0.2, 0.25) is 5.95 Å². The monoisotopic (exact) mass is 391 g/mol. The minimum absolute atomic E-state index is 0.813. The Morgan fingerprint density at radius 1 is 1.03 bits per heavy atom. The average molecular weight is 392 g/mol. The van der Waals surface area contributed by atoms with Gasteiger partial charge in [0.1, 0.15) is 0 Å². The van der Waals surface area contributed by atoms with Crippen LogP contribution in [0.5, 0.6) is 0 Å². The van der Waals surface area contributed by atoms with Gasteiger partial charge in [-0.2, -0.15) is 0 Å². The number of guanidine groups is 1. The summed E-state index contributed by atoms with van der Waals surface area (Å²) in [6.45, 7) is 8.46. The number of anilines is 1. The predicted molar refractivity (Wildman–Crippen MR) is 118 cm³/mol. The molecule has 0 unspecified atom stereocenters. The largest absolute Gasteiger partial charge is 0.357 e. The molecule has 0 atom stereocenters. The fourth-order valence-corrected chi connectivity index (χ4v) is 3.76. The van der Waals surface area contributed by atoms with E-state index in [0.717, 1.165) is 64.1 Å². The molecule has 7 nitrogen and oxygen atoms in total. The molecule has 2 aromatic heterocycles. The molecule has 1 saturated heterocycles. The number of aromatic nitrogens is 3. The highest BCUT2D eigenvalue weighted by molar-refractivity contribution is 5.80. The topological polar surface area (TPSA) is 61.6 Å². The van der Waals surface area contributed by atoms with Gasteiger partial charge >= 0.3 is 0 Å². The Hall–Kier alpha value is -3.09. The maximum Gasteiger partial charge on any atom is 0.225 e. The van der Waals surface area contributed by atoms with Crippen molar-refractivity contribution >= 4 is 22.8 Å². The summed E-state index contributed by atoms with van der Waals surface area (Å²) in [5.74, 6) is 1.83. The fourth-order valence-electron chi connectivity index (χ4n) is 3.76. The zero-order valence-electron chi connectivity index (χ0n) is 17.0. The van der Waals surface area contributed by atoms with Crippen LogP contribution in [-0.2, 0) is 6.54 Å². The molecule has 3 heterocycles. The first-order valence-electron chi connectivity index (χ1n) is 10.4. The molecule has 0 radical (unpaired) electrons. The molecule has 0 amide bonds. The number of aryl methyl sites for hydroxylation is 1. The SMILES string of the molecule is CCNC(=NCCCn1ccc2ccccc21)N1CCN(c2ncccn2)CC1. The summed E-state index contributed by atoms with van der Waals surface area (Å²) < 4.78 is 2.32. The number of piperazine rings is 1. The lowest BCUT2D eigenvalue weighted by Gasteiger charge is -2.36. The Morgan fingerprint density at radius 2 is 1.83 bits per heavy atom. The Balaban J connectivity index is 1.31. The van der Waals surface area contributed by atoms with Crippen LogP contribution >= 0.6 is 0 Å². The normalized spacial score (nSPS) is 15.1. The summed E-state index contributed by atoms with van der Waals surface area (Å²) in [5, 5.41) is 4.75. The number of fused-ring (bicyclic) bond motifs is 1. The average Bonchev–Trinajstić information content (AvgIpc) is 3.20. The highest BCUT2D eigenvalue weighted by atomic mass is 15.4. The summed E-state index contributed by atoms with van der Waals surface area (Å²) in [5.41, 5.74) is 1.29. The Bertz CT molecular complexity index is 926. The van der Waals surface area contributed by atoms with Gasteiger partial charge in [0.25, 0.3) is 0 Å². The van der Waals surface area contributed by atoms with E-state index in [-0.39, 0.29) is 0 Å². The number of rotatable bonds is 6. The van der Waals surface area contributed by atoms with Crippen molar-refractivity contribution in [2.45, 2.75) is 19.9 Å². The van der Waals surface area contributed by atoms with Gasteiger partial charge in [0.15, 0.2) is 5.96 Å². The van der Waals surface area contributed by atoms with Crippen LogP contribution in [0, 0.1) is 0 Å². The second-order valence-corrected chi connectivity index (χ2v) is 7.18. The van der Waals surface area contributed by atoms with E-state index in [1.54, 1.807) is 12.4 Å². The molecule has 7 heteroatoms. The Labute approximate surface area is 172 Å². The smallest absolute Gasteiger partial charge is 0.225 e. The molecule has 1 N–H and O–H groups in total. The van der Waals surface area contributed by atoms with Crippen LogP contribution in [0.2, 0.25) is 0 Å². The molecule has 3 aromatic rings. The molecule has 0 bridgehead atoms. The zero-order chi connectivity index (χ0) is 19.9. The standard InChI is InChI=1S/C22H29N7/c1-2-23-21(28-15-17-29(18-16-28)22-24-10-5-11-25-22)26-12-6-13-27-14-9-19-7-3-4-8-20(19)27/h3-5,7-11,14H,2,6,12-13,15-18H2,1H3,(H,23,26). The second-order valence-electron chi connectivity index (χ2n) is 7.18. The lowest BCUT2D eigenvalue weighted by atomic mass is 10.2. The lowest BCUT2D eigenvalue weighted by Crippen LogP contribution is -2.53. The van der Waals surface area contributed by atoms with Crippen molar-refractivity contribution in [2.75, 3.05) is 44.2 Å². The lowest BCUT2D eigenvalue weighted by molar-refractivity contribution is 0.370. The predicted octanol–water partition coefficient (Wildman–Crippen LogP) is 2.61. The van der Waals surface area contributed by atoms with Crippen LogP contribution in [-0.4, -0.2) is 64.7 Å². The first-order chi connectivity index (χ1) is 14.3. The number of benzene rings is 1. The number of aliphatic imine (C=N–C) groups is 1. The van der Waals surface area contributed by atoms with Crippen molar-refractivity contribution in [1.82, 2.24) is 24.8 Å². The number of hydrogen-bond acceptors (Lipinski definition) is 4. The van der Waals surface area contributed by atoms with Crippen LogP contribution in [0.4, 0.5) is 5.95 Å². The van der Waals surface area contributed by atoms with E-state index in [1.165, 1.54) is 10.9 Å². The third-order valence-electron chi connectivity index (χ3n) is 5.25. The summed E-state index contributed by atoms with van der Waals surface area (Å²) in [7, 11) is 0. The van der Waals surface area contributed by atoms with E-state index >= 15 is 0 Å². The molecule has 1 aliphatic heterocycles. The second kappa shape index (κ2) is 9.41. The van der Waals surface area contributed by atoms with Gasteiger partial charge in [-0.3, -0.25) is 4.99 Å². The molecular formula is C22H29N7. The van der Waals surface area contributed by atoms with Crippen LogP contribution < -0.4 is 10.2 Å². The first-order valence-corrected chi connectivity index (χ1v) is 10.4. The van der Waals surface area contributed by atoms with Gasteiger partial charge in [-0.15, -0.1) is 0 Å². The zero-order valence-corrected chi connectivity index (χ0v) is 17.0. The number of hydrogen-bond donors (Lipinski definition) is 1. The van der Waals surface area contributed by atoms with Crippen molar-refractivity contribution in [2.24, 2.45) is 4.99 Å². The van der Waals surface area contributed by atoms with Gasteiger partial charge in [-0.05, 0) is 36.9 Å². The summed E-state index contributed by atoms with van der Waals surface area (Å²) in [4.78, 5) is 18.2. The van der Waals surface area contributed by atoms with E-state index < -0.39 is 0 Å².